The van der Waals surface area contributed by atoms with Crippen LogP contribution >= 0.6 is 0 Å². The Bertz CT molecular complexity index is 454. The van der Waals surface area contributed by atoms with Crippen molar-refractivity contribution in [1.82, 2.24) is 4.90 Å². The molecule has 2 aliphatic rings. The van der Waals surface area contributed by atoms with E-state index in [0.717, 1.165) is 25.7 Å². The van der Waals surface area contributed by atoms with E-state index in [2.05, 4.69) is 0 Å². The van der Waals surface area contributed by atoms with Crippen LogP contribution < -0.4 is 0 Å². The highest BCUT2D eigenvalue weighted by Gasteiger charge is 2.43. The molecule has 2 fully saturated rings. The van der Waals surface area contributed by atoms with Gasteiger partial charge in [-0.3, -0.25) is 4.79 Å². The fourth-order valence-electron chi connectivity index (χ4n) is 3.44. The first-order chi connectivity index (χ1) is 9.32. The standard InChI is InChI=1S/C14H25NO4S/c1-10(2)15(12-8-20(18,19)9-13(12)16)14(17)11-6-4-3-5-7-11/h10-13,16H,3-9H2,1-2H3/t12-,13-/m0/s1. The Labute approximate surface area is 121 Å². The first-order valence-corrected chi connectivity index (χ1v) is 9.34. The van der Waals surface area contributed by atoms with Gasteiger partial charge in [0.1, 0.15) is 0 Å². The number of hydrogen-bond donors (Lipinski definition) is 1. The van der Waals surface area contributed by atoms with Gasteiger partial charge in [-0.1, -0.05) is 19.3 Å². The Morgan fingerprint density at radius 1 is 1.15 bits per heavy atom. The first-order valence-electron chi connectivity index (χ1n) is 7.52. The van der Waals surface area contributed by atoms with Crippen LogP contribution in [0.15, 0.2) is 0 Å². The summed E-state index contributed by atoms with van der Waals surface area (Å²) in [5.74, 6) is -0.300. The molecule has 0 bridgehead atoms. The van der Waals surface area contributed by atoms with Crippen molar-refractivity contribution in [2.75, 3.05) is 11.5 Å². The molecular weight excluding hydrogens is 278 g/mol. The van der Waals surface area contributed by atoms with Crippen LogP contribution in [0.1, 0.15) is 46.0 Å². The minimum absolute atomic E-state index is 0.00153. The second-order valence-electron chi connectivity index (χ2n) is 6.39. The van der Waals surface area contributed by atoms with Crippen LogP contribution in [0.5, 0.6) is 0 Å². The van der Waals surface area contributed by atoms with Gasteiger partial charge in [-0.25, -0.2) is 8.42 Å². The van der Waals surface area contributed by atoms with Crippen molar-refractivity contribution in [3.8, 4) is 0 Å². The van der Waals surface area contributed by atoms with Crippen molar-refractivity contribution in [2.45, 2.75) is 64.1 Å². The number of sulfone groups is 1. The van der Waals surface area contributed by atoms with Gasteiger partial charge in [0.15, 0.2) is 9.84 Å². The number of aliphatic hydroxyl groups excluding tert-OH is 1. The lowest BCUT2D eigenvalue weighted by Crippen LogP contribution is -2.52. The summed E-state index contributed by atoms with van der Waals surface area (Å²) in [7, 11) is -3.23. The van der Waals surface area contributed by atoms with Crippen LogP contribution in [-0.2, 0) is 14.6 Å². The number of carbonyl (C=O) groups excluding carboxylic acids is 1. The van der Waals surface area contributed by atoms with Gasteiger partial charge in [0.25, 0.3) is 0 Å². The average Bonchev–Trinajstić information content (AvgIpc) is 2.63. The summed E-state index contributed by atoms with van der Waals surface area (Å²) in [6.07, 6.45) is 4.12. The van der Waals surface area contributed by atoms with Crippen molar-refractivity contribution in [1.29, 1.82) is 0 Å². The third-order valence-electron chi connectivity index (χ3n) is 4.42. The molecule has 116 valence electrons. The Morgan fingerprint density at radius 2 is 1.75 bits per heavy atom. The van der Waals surface area contributed by atoms with Gasteiger partial charge in [0.2, 0.25) is 5.91 Å². The third kappa shape index (κ3) is 3.34. The summed E-state index contributed by atoms with van der Waals surface area (Å²) >= 11 is 0. The Balaban J connectivity index is 2.16. The number of hydrogen-bond acceptors (Lipinski definition) is 4. The zero-order valence-corrected chi connectivity index (χ0v) is 13.1. The zero-order valence-electron chi connectivity index (χ0n) is 12.3. The van der Waals surface area contributed by atoms with Crippen molar-refractivity contribution >= 4 is 15.7 Å². The molecule has 20 heavy (non-hydrogen) atoms. The number of amides is 1. The molecule has 0 radical (unpaired) electrons. The minimum atomic E-state index is -3.23. The van der Waals surface area contributed by atoms with Crippen molar-refractivity contribution in [3.05, 3.63) is 0 Å². The zero-order chi connectivity index (χ0) is 14.9. The molecule has 2 rings (SSSR count). The molecule has 1 heterocycles. The maximum absolute atomic E-state index is 12.7. The van der Waals surface area contributed by atoms with E-state index < -0.39 is 22.0 Å². The predicted molar refractivity (Wildman–Crippen MR) is 77.0 cm³/mol. The van der Waals surface area contributed by atoms with Gasteiger partial charge in [-0.15, -0.1) is 0 Å². The Hall–Kier alpha value is -0.620. The van der Waals surface area contributed by atoms with Crippen LogP contribution in [0.25, 0.3) is 0 Å². The van der Waals surface area contributed by atoms with Crippen LogP contribution in [0.2, 0.25) is 0 Å². The van der Waals surface area contributed by atoms with Crippen molar-refractivity contribution in [2.24, 2.45) is 5.92 Å². The van der Waals surface area contributed by atoms with E-state index in [-0.39, 0.29) is 29.4 Å². The summed E-state index contributed by atoms with van der Waals surface area (Å²) in [5, 5.41) is 10.0. The van der Waals surface area contributed by atoms with E-state index in [4.69, 9.17) is 0 Å². The van der Waals surface area contributed by atoms with Crippen LogP contribution in [0, 0.1) is 5.92 Å². The Kier molecular flexibility index (Phi) is 4.74. The molecule has 0 aromatic heterocycles. The van der Waals surface area contributed by atoms with E-state index in [1.165, 1.54) is 6.42 Å². The molecule has 0 aromatic rings. The van der Waals surface area contributed by atoms with E-state index >= 15 is 0 Å². The average molecular weight is 303 g/mol. The van der Waals surface area contributed by atoms with Gasteiger partial charge in [-0.05, 0) is 26.7 Å². The lowest BCUT2D eigenvalue weighted by molar-refractivity contribution is -0.142. The van der Waals surface area contributed by atoms with E-state index in [9.17, 15) is 18.3 Å². The van der Waals surface area contributed by atoms with Crippen LogP contribution in [0.3, 0.4) is 0 Å². The second kappa shape index (κ2) is 6.02. The van der Waals surface area contributed by atoms with E-state index in [1.807, 2.05) is 13.8 Å². The van der Waals surface area contributed by atoms with Gasteiger partial charge in [0.05, 0.1) is 23.7 Å². The molecule has 2 atom stereocenters. The fourth-order valence-corrected chi connectivity index (χ4v) is 5.22. The fraction of sp³-hybridized carbons (Fsp3) is 0.929. The first kappa shape index (κ1) is 15.8. The third-order valence-corrected chi connectivity index (χ3v) is 6.11. The topological polar surface area (TPSA) is 74.7 Å². The number of nitrogens with zero attached hydrogens (tertiary/aromatic N) is 1. The van der Waals surface area contributed by atoms with Gasteiger partial charge >= 0.3 is 0 Å². The van der Waals surface area contributed by atoms with Gasteiger partial charge < -0.3 is 10.0 Å². The van der Waals surface area contributed by atoms with Gasteiger partial charge in [-0.2, -0.15) is 0 Å². The quantitative estimate of drug-likeness (QED) is 0.843. The lowest BCUT2D eigenvalue weighted by Gasteiger charge is -2.37. The molecule has 1 N–H and O–H groups in total. The molecule has 6 heteroatoms. The molecule has 0 aromatic carbocycles. The maximum atomic E-state index is 12.7. The predicted octanol–water partition coefficient (Wildman–Crippen LogP) is 0.962. The largest absolute Gasteiger partial charge is 0.390 e. The summed E-state index contributed by atoms with van der Waals surface area (Å²) < 4.78 is 23.4. The Morgan fingerprint density at radius 3 is 2.20 bits per heavy atom. The van der Waals surface area contributed by atoms with Crippen LogP contribution in [0.4, 0.5) is 0 Å². The van der Waals surface area contributed by atoms with Crippen molar-refractivity contribution < 1.29 is 18.3 Å². The van der Waals surface area contributed by atoms with Gasteiger partial charge in [0, 0.05) is 12.0 Å². The minimum Gasteiger partial charge on any atom is -0.390 e. The highest BCUT2D eigenvalue weighted by atomic mass is 32.2. The SMILES string of the molecule is CC(C)N(C(=O)C1CCCCC1)[C@H]1CS(=O)(=O)C[C@@H]1O. The molecular formula is C14H25NO4S. The molecule has 1 aliphatic carbocycles. The highest BCUT2D eigenvalue weighted by molar-refractivity contribution is 7.91. The maximum Gasteiger partial charge on any atom is 0.226 e. The second-order valence-corrected chi connectivity index (χ2v) is 8.54. The van der Waals surface area contributed by atoms with Crippen LogP contribution in [-0.4, -0.2) is 54.0 Å². The molecule has 0 spiro atoms. The smallest absolute Gasteiger partial charge is 0.226 e. The summed E-state index contributed by atoms with van der Waals surface area (Å²) in [4.78, 5) is 14.3. The lowest BCUT2D eigenvalue weighted by atomic mass is 9.87. The molecule has 1 aliphatic heterocycles. The normalized spacial score (nSPS) is 30.6. The summed E-state index contributed by atoms with van der Waals surface area (Å²) in [5.41, 5.74) is 0. The monoisotopic (exact) mass is 303 g/mol. The molecule has 0 unspecified atom stereocenters. The number of rotatable bonds is 3. The summed E-state index contributed by atoms with van der Waals surface area (Å²) in [6.45, 7) is 3.77. The molecule has 5 nitrogen and oxygen atoms in total. The summed E-state index contributed by atoms with van der Waals surface area (Å²) in [6, 6.07) is -0.660. The van der Waals surface area contributed by atoms with Crippen molar-refractivity contribution in [3.63, 3.8) is 0 Å². The highest BCUT2D eigenvalue weighted by Crippen LogP contribution is 2.29. The number of carbonyl (C=O) groups is 1. The molecule has 1 saturated carbocycles. The van der Waals surface area contributed by atoms with E-state index in [1.54, 1.807) is 4.90 Å². The van der Waals surface area contributed by atoms with E-state index in [0.29, 0.717) is 0 Å². The molecule has 1 saturated heterocycles. The molecule has 1 amide bonds. The number of aliphatic hydroxyl groups is 1.